The highest BCUT2D eigenvalue weighted by Gasteiger charge is 2.21. The second-order valence-electron chi connectivity index (χ2n) is 6.16. The Balaban J connectivity index is 1.67. The van der Waals surface area contributed by atoms with Gasteiger partial charge in [-0.15, -0.1) is 0 Å². The van der Waals surface area contributed by atoms with E-state index in [0.29, 0.717) is 23.1 Å². The number of rotatable bonds is 7. The van der Waals surface area contributed by atoms with Gasteiger partial charge in [0.25, 0.3) is 5.91 Å². The molecule has 0 aliphatic rings. The van der Waals surface area contributed by atoms with Gasteiger partial charge >= 0.3 is 5.97 Å². The first kappa shape index (κ1) is 20.5. The molecule has 0 radical (unpaired) electrons. The molecule has 3 aromatic rings. The third-order valence-electron chi connectivity index (χ3n) is 4.11. The van der Waals surface area contributed by atoms with E-state index >= 15 is 0 Å². The van der Waals surface area contributed by atoms with Crippen LogP contribution < -0.4 is 10.1 Å². The molecule has 1 N–H and O–H groups in total. The maximum atomic E-state index is 12.5. The molecular weight excluding hydrogens is 398 g/mol. The molecule has 0 aliphatic heterocycles. The Bertz CT molecular complexity index is 1040. The molecule has 0 spiro atoms. The highest BCUT2D eigenvalue weighted by atomic mass is 35.5. The van der Waals surface area contributed by atoms with Crippen LogP contribution >= 0.6 is 11.6 Å². The van der Waals surface area contributed by atoms with Crippen molar-refractivity contribution in [2.24, 2.45) is 0 Å². The summed E-state index contributed by atoms with van der Waals surface area (Å²) in [7, 11) is 1.25. The lowest BCUT2D eigenvalue weighted by atomic mass is 10.2. The smallest absolute Gasteiger partial charge is 0.360 e. The van der Waals surface area contributed by atoms with Gasteiger partial charge in [-0.2, -0.15) is 5.10 Å². The van der Waals surface area contributed by atoms with Gasteiger partial charge in [0.1, 0.15) is 18.1 Å². The zero-order valence-electron chi connectivity index (χ0n) is 16.2. The second-order valence-corrected chi connectivity index (χ2v) is 6.57. The SMILES string of the molecule is CCn1cc(NC(=O)c2ccc(COc3ccc(Cl)c(C)c3)o2)c(C(=O)OC)n1. The topological polar surface area (TPSA) is 95.6 Å². The molecule has 0 aliphatic carbocycles. The predicted molar refractivity (Wildman–Crippen MR) is 106 cm³/mol. The Morgan fingerprint density at radius 2 is 2.07 bits per heavy atom. The minimum atomic E-state index is -0.640. The van der Waals surface area contributed by atoms with Crippen molar-refractivity contribution in [3.63, 3.8) is 0 Å². The van der Waals surface area contributed by atoms with Gasteiger partial charge in [-0.3, -0.25) is 9.48 Å². The number of furan rings is 1. The number of anilines is 1. The highest BCUT2D eigenvalue weighted by molar-refractivity contribution is 6.31. The lowest BCUT2D eigenvalue weighted by molar-refractivity contribution is 0.0594. The number of benzene rings is 1. The summed E-state index contributed by atoms with van der Waals surface area (Å²) < 4.78 is 17.4. The molecule has 2 heterocycles. The Morgan fingerprint density at radius 3 is 2.76 bits per heavy atom. The normalized spacial score (nSPS) is 10.6. The van der Waals surface area contributed by atoms with Gasteiger partial charge in [-0.1, -0.05) is 11.6 Å². The number of carbonyl (C=O) groups excluding carboxylic acids is 2. The number of esters is 1. The van der Waals surface area contributed by atoms with Crippen LogP contribution in [0.15, 0.2) is 40.9 Å². The molecule has 1 aromatic carbocycles. The maximum absolute atomic E-state index is 12.5. The Kier molecular flexibility index (Phi) is 6.23. The fraction of sp³-hybridized carbons (Fsp3) is 0.250. The van der Waals surface area contributed by atoms with Crippen LogP contribution in [0.5, 0.6) is 5.75 Å². The average Bonchev–Trinajstić information content (AvgIpc) is 3.35. The lowest BCUT2D eigenvalue weighted by Gasteiger charge is -2.06. The van der Waals surface area contributed by atoms with E-state index in [-0.39, 0.29) is 23.7 Å². The summed E-state index contributed by atoms with van der Waals surface area (Å²) in [5.74, 6) is 0.0406. The average molecular weight is 418 g/mol. The van der Waals surface area contributed by atoms with Crippen molar-refractivity contribution >= 4 is 29.2 Å². The zero-order chi connectivity index (χ0) is 21.0. The lowest BCUT2D eigenvalue weighted by Crippen LogP contribution is -2.14. The van der Waals surface area contributed by atoms with E-state index in [4.69, 9.17) is 25.5 Å². The molecule has 0 atom stereocenters. The summed E-state index contributed by atoms with van der Waals surface area (Å²) in [4.78, 5) is 24.3. The standard InChI is InChI=1S/C20H20ClN3O5/c1-4-24-10-16(18(23-24)20(26)27-3)22-19(25)17-8-6-14(29-17)11-28-13-5-7-15(21)12(2)9-13/h5-10H,4,11H2,1-3H3,(H,22,25). The predicted octanol–water partition coefficient (Wildman–Crippen LogP) is 4.08. The van der Waals surface area contributed by atoms with Gasteiger partial charge < -0.3 is 19.2 Å². The van der Waals surface area contributed by atoms with Gasteiger partial charge in [0.2, 0.25) is 0 Å². The van der Waals surface area contributed by atoms with E-state index in [2.05, 4.69) is 10.4 Å². The molecule has 0 saturated carbocycles. The molecule has 8 nitrogen and oxygen atoms in total. The van der Waals surface area contributed by atoms with E-state index in [1.165, 1.54) is 17.9 Å². The molecule has 9 heteroatoms. The third kappa shape index (κ3) is 4.78. The van der Waals surface area contributed by atoms with Gasteiger partial charge in [-0.25, -0.2) is 4.79 Å². The Morgan fingerprint density at radius 1 is 1.28 bits per heavy atom. The molecule has 0 saturated heterocycles. The Hall–Kier alpha value is -3.26. The quantitative estimate of drug-likeness (QED) is 0.582. The van der Waals surface area contributed by atoms with Crippen LogP contribution in [0.4, 0.5) is 5.69 Å². The van der Waals surface area contributed by atoms with Crippen LogP contribution in [0.25, 0.3) is 0 Å². The molecule has 0 bridgehead atoms. The minimum Gasteiger partial charge on any atom is -0.486 e. The molecule has 152 valence electrons. The van der Waals surface area contributed by atoms with E-state index < -0.39 is 11.9 Å². The van der Waals surface area contributed by atoms with Gasteiger partial charge in [0, 0.05) is 17.8 Å². The fourth-order valence-corrected chi connectivity index (χ4v) is 2.66. The summed E-state index contributed by atoms with van der Waals surface area (Å²) >= 11 is 6.00. The molecule has 0 fully saturated rings. The van der Waals surface area contributed by atoms with Crippen molar-refractivity contribution < 1.29 is 23.5 Å². The van der Waals surface area contributed by atoms with Crippen LogP contribution in [0.2, 0.25) is 5.02 Å². The summed E-state index contributed by atoms with van der Waals surface area (Å²) in [6.07, 6.45) is 1.56. The number of halogens is 1. The molecule has 1 amide bonds. The zero-order valence-corrected chi connectivity index (χ0v) is 16.9. The summed E-state index contributed by atoms with van der Waals surface area (Å²) in [5, 5.41) is 7.38. The van der Waals surface area contributed by atoms with Gasteiger partial charge in [0.15, 0.2) is 11.5 Å². The van der Waals surface area contributed by atoms with Crippen LogP contribution in [0.3, 0.4) is 0 Å². The third-order valence-corrected chi connectivity index (χ3v) is 4.53. The number of ether oxygens (including phenoxy) is 2. The van der Waals surface area contributed by atoms with Crippen molar-refractivity contribution in [2.45, 2.75) is 27.0 Å². The number of aromatic nitrogens is 2. The van der Waals surface area contributed by atoms with Gasteiger partial charge in [0.05, 0.1) is 12.8 Å². The van der Waals surface area contributed by atoms with Crippen LogP contribution in [-0.4, -0.2) is 28.8 Å². The number of nitrogens with zero attached hydrogens (tertiary/aromatic N) is 2. The molecule has 0 unspecified atom stereocenters. The molecule has 3 rings (SSSR count). The largest absolute Gasteiger partial charge is 0.486 e. The van der Waals surface area contributed by atoms with E-state index in [9.17, 15) is 9.59 Å². The highest BCUT2D eigenvalue weighted by Crippen LogP contribution is 2.22. The van der Waals surface area contributed by atoms with Crippen molar-refractivity contribution in [1.82, 2.24) is 9.78 Å². The number of methoxy groups -OCH3 is 1. The first-order valence-corrected chi connectivity index (χ1v) is 9.23. The Labute approximate surface area is 172 Å². The molecule has 2 aromatic heterocycles. The number of amides is 1. The summed E-state index contributed by atoms with van der Waals surface area (Å²) in [6.45, 7) is 4.43. The van der Waals surface area contributed by atoms with Crippen LogP contribution in [0.1, 0.15) is 39.3 Å². The van der Waals surface area contributed by atoms with E-state index in [0.717, 1.165) is 5.56 Å². The molecular formula is C20H20ClN3O5. The van der Waals surface area contributed by atoms with Crippen LogP contribution in [0, 0.1) is 6.92 Å². The summed E-state index contributed by atoms with van der Waals surface area (Å²) in [6, 6.07) is 8.50. The van der Waals surface area contributed by atoms with E-state index in [1.807, 2.05) is 19.9 Å². The number of hydrogen-bond acceptors (Lipinski definition) is 6. The molecule has 29 heavy (non-hydrogen) atoms. The van der Waals surface area contributed by atoms with Crippen molar-refractivity contribution in [1.29, 1.82) is 0 Å². The first-order chi connectivity index (χ1) is 13.9. The summed E-state index contributed by atoms with van der Waals surface area (Å²) in [5.41, 5.74) is 1.17. The minimum absolute atomic E-state index is 0.0240. The van der Waals surface area contributed by atoms with Crippen molar-refractivity contribution in [3.05, 3.63) is 64.3 Å². The van der Waals surface area contributed by atoms with Crippen molar-refractivity contribution in [2.75, 3.05) is 12.4 Å². The monoisotopic (exact) mass is 417 g/mol. The number of aryl methyl sites for hydroxylation is 2. The number of nitrogens with one attached hydrogen (secondary N) is 1. The van der Waals surface area contributed by atoms with Crippen LogP contribution in [-0.2, 0) is 17.9 Å². The fourth-order valence-electron chi connectivity index (χ4n) is 2.55. The second kappa shape index (κ2) is 8.83. The van der Waals surface area contributed by atoms with Gasteiger partial charge in [-0.05, 0) is 49.7 Å². The van der Waals surface area contributed by atoms with E-state index in [1.54, 1.807) is 24.4 Å². The van der Waals surface area contributed by atoms with Crippen molar-refractivity contribution in [3.8, 4) is 5.75 Å². The maximum Gasteiger partial charge on any atom is 0.360 e. The number of carbonyl (C=O) groups is 2. The number of hydrogen-bond donors (Lipinski definition) is 1. The first-order valence-electron chi connectivity index (χ1n) is 8.86.